The highest BCUT2D eigenvalue weighted by Crippen LogP contribution is 2.33. The van der Waals surface area contributed by atoms with Gasteiger partial charge in [-0.2, -0.15) is 0 Å². The fraction of sp³-hybridized carbons (Fsp3) is 0.261. The van der Waals surface area contributed by atoms with Gasteiger partial charge >= 0.3 is 0 Å². The van der Waals surface area contributed by atoms with Crippen LogP contribution in [-0.2, 0) is 22.6 Å². The van der Waals surface area contributed by atoms with Crippen molar-refractivity contribution in [3.63, 3.8) is 0 Å². The Balaban J connectivity index is 1.40. The Morgan fingerprint density at radius 1 is 1.17 bits per heavy atom. The van der Waals surface area contributed by atoms with Crippen LogP contribution < -0.4 is 10.2 Å². The van der Waals surface area contributed by atoms with E-state index < -0.39 is 5.91 Å². The van der Waals surface area contributed by atoms with Crippen LogP contribution in [0.5, 0.6) is 0 Å². The molecular formula is C23H20ClN3O2S. The van der Waals surface area contributed by atoms with Crippen molar-refractivity contribution in [2.45, 2.75) is 31.8 Å². The minimum Gasteiger partial charge on any atom is -0.367 e. The number of hydrogen-bond acceptors (Lipinski definition) is 4. The number of fused-ring (bicyclic) bond motifs is 1. The number of halogens is 1. The molecule has 152 valence electrons. The summed E-state index contributed by atoms with van der Waals surface area (Å²) in [5.74, 6) is -0.727. The van der Waals surface area contributed by atoms with E-state index in [1.165, 1.54) is 5.56 Å². The van der Waals surface area contributed by atoms with Crippen molar-refractivity contribution in [3.8, 4) is 0 Å². The van der Waals surface area contributed by atoms with Gasteiger partial charge in [0.2, 0.25) is 0 Å². The van der Waals surface area contributed by atoms with Gasteiger partial charge < -0.3 is 4.90 Å². The molecule has 3 aliphatic rings. The first kappa shape index (κ1) is 19.3. The van der Waals surface area contributed by atoms with Crippen molar-refractivity contribution in [2.24, 2.45) is 0 Å². The van der Waals surface area contributed by atoms with Crippen LogP contribution in [0.15, 0.2) is 48.0 Å². The van der Waals surface area contributed by atoms with Crippen LogP contribution in [0.4, 0.5) is 5.69 Å². The van der Waals surface area contributed by atoms with E-state index >= 15 is 0 Å². The molecule has 0 radical (unpaired) electrons. The highest BCUT2D eigenvalue weighted by molar-refractivity contribution is 7.80. The smallest absolute Gasteiger partial charge is 0.265 e. The highest BCUT2D eigenvalue weighted by Gasteiger charge is 2.42. The molecule has 2 aromatic carbocycles. The predicted octanol–water partition coefficient (Wildman–Crippen LogP) is 3.69. The molecule has 2 heterocycles. The van der Waals surface area contributed by atoms with E-state index in [4.69, 9.17) is 23.8 Å². The van der Waals surface area contributed by atoms with Crippen molar-refractivity contribution >= 4 is 52.5 Å². The monoisotopic (exact) mass is 437 g/mol. The summed E-state index contributed by atoms with van der Waals surface area (Å²) in [4.78, 5) is 29.1. The topological polar surface area (TPSA) is 52.7 Å². The largest absolute Gasteiger partial charge is 0.367 e. The number of rotatable bonds is 4. The number of carbonyl (C=O) groups is 2. The molecule has 2 aliphatic heterocycles. The zero-order valence-electron chi connectivity index (χ0n) is 16.2. The molecule has 30 heavy (non-hydrogen) atoms. The van der Waals surface area contributed by atoms with Gasteiger partial charge in [0, 0.05) is 29.8 Å². The normalized spacial score (nSPS) is 20.0. The van der Waals surface area contributed by atoms with E-state index in [9.17, 15) is 9.59 Å². The lowest BCUT2D eigenvalue weighted by Gasteiger charge is -2.28. The summed E-state index contributed by atoms with van der Waals surface area (Å²) >= 11 is 11.5. The Hall–Kier alpha value is -2.70. The Morgan fingerprint density at radius 3 is 2.73 bits per heavy atom. The average molecular weight is 438 g/mol. The van der Waals surface area contributed by atoms with Crippen molar-refractivity contribution in [1.29, 1.82) is 0 Å². The first-order valence-corrected chi connectivity index (χ1v) is 10.8. The molecule has 1 saturated heterocycles. The SMILES string of the molecule is O=C1NC(=S)N(C2CC2)C(=O)C1=Cc1ccc2c(c1)CCN2Cc1ccccc1Cl. The van der Waals surface area contributed by atoms with Gasteiger partial charge in [-0.25, -0.2) is 0 Å². The summed E-state index contributed by atoms with van der Waals surface area (Å²) in [6.45, 7) is 1.66. The minimum absolute atomic E-state index is 0.118. The van der Waals surface area contributed by atoms with Gasteiger partial charge in [-0.1, -0.05) is 35.9 Å². The average Bonchev–Trinajstić information content (AvgIpc) is 3.47. The molecule has 7 heteroatoms. The molecule has 0 bridgehead atoms. The number of carbonyl (C=O) groups excluding carboxylic acids is 2. The third-order valence-electron chi connectivity index (χ3n) is 5.77. The van der Waals surface area contributed by atoms with E-state index in [1.54, 1.807) is 11.0 Å². The van der Waals surface area contributed by atoms with Crippen molar-refractivity contribution in [2.75, 3.05) is 11.4 Å². The fourth-order valence-electron chi connectivity index (χ4n) is 4.08. The molecule has 0 aromatic heterocycles. The van der Waals surface area contributed by atoms with Gasteiger partial charge in [0.25, 0.3) is 11.8 Å². The fourth-order valence-corrected chi connectivity index (χ4v) is 4.60. The molecular weight excluding hydrogens is 418 g/mol. The zero-order chi connectivity index (χ0) is 20.8. The molecule has 0 atom stereocenters. The van der Waals surface area contributed by atoms with Crippen LogP contribution in [0.1, 0.15) is 29.5 Å². The van der Waals surface area contributed by atoms with Gasteiger partial charge in [-0.3, -0.25) is 19.8 Å². The highest BCUT2D eigenvalue weighted by atomic mass is 35.5. The molecule has 2 aromatic rings. The Morgan fingerprint density at radius 2 is 1.97 bits per heavy atom. The van der Waals surface area contributed by atoms with E-state index in [0.29, 0.717) is 0 Å². The number of amides is 2. The number of benzene rings is 2. The summed E-state index contributed by atoms with van der Waals surface area (Å²) in [6.07, 6.45) is 4.44. The molecule has 2 fully saturated rings. The van der Waals surface area contributed by atoms with Gasteiger partial charge in [-0.15, -0.1) is 0 Å². The molecule has 1 N–H and O–H groups in total. The zero-order valence-corrected chi connectivity index (χ0v) is 17.8. The van der Waals surface area contributed by atoms with Gasteiger partial charge in [-0.05, 0) is 72.4 Å². The quantitative estimate of drug-likeness (QED) is 0.450. The second-order valence-electron chi connectivity index (χ2n) is 7.87. The number of nitrogens with zero attached hydrogens (tertiary/aromatic N) is 2. The lowest BCUT2D eigenvalue weighted by Crippen LogP contribution is -2.54. The Kier molecular flexibility index (Phi) is 4.83. The van der Waals surface area contributed by atoms with Gasteiger partial charge in [0.1, 0.15) is 5.57 Å². The molecule has 2 amide bonds. The molecule has 5 nitrogen and oxygen atoms in total. The number of anilines is 1. The third-order valence-corrected chi connectivity index (χ3v) is 6.44. The number of hydrogen-bond donors (Lipinski definition) is 1. The van der Waals surface area contributed by atoms with Crippen LogP contribution >= 0.6 is 23.8 Å². The second kappa shape index (κ2) is 7.52. The molecule has 1 aliphatic carbocycles. The minimum atomic E-state index is -0.428. The maximum absolute atomic E-state index is 12.8. The first-order chi connectivity index (χ1) is 14.5. The maximum atomic E-state index is 12.8. The summed E-state index contributed by atoms with van der Waals surface area (Å²) in [7, 11) is 0. The van der Waals surface area contributed by atoms with E-state index in [0.717, 1.165) is 54.2 Å². The molecule has 0 unspecified atom stereocenters. The standard InChI is InChI=1S/C23H20ClN3O2S/c24-19-4-2-1-3-16(19)13-26-10-9-15-11-14(5-8-20(15)26)12-18-21(28)25-23(30)27(22(18)29)17-6-7-17/h1-5,8,11-12,17H,6-7,9-10,13H2,(H,25,28,30). The van der Waals surface area contributed by atoms with Gasteiger partial charge in [0.05, 0.1) is 0 Å². The van der Waals surface area contributed by atoms with Crippen molar-refractivity contribution in [1.82, 2.24) is 10.2 Å². The van der Waals surface area contributed by atoms with E-state index in [1.807, 2.05) is 30.3 Å². The van der Waals surface area contributed by atoms with Crippen LogP contribution in [-0.4, -0.2) is 34.4 Å². The molecule has 0 spiro atoms. The Bertz CT molecular complexity index is 1110. The first-order valence-electron chi connectivity index (χ1n) is 10.0. The summed E-state index contributed by atoms with van der Waals surface area (Å²) in [6, 6.07) is 14.1. The lowest BCUT2D eigenvalue weighted by molar-refractivity contribution is -0.129. The van der Waals surface area contributed by atoms with E-state index in [-0.39, 0.29) is 22.6 Å². The van der Waals surface area contributed by atoms with Crippen molar-refractivity contribution < 1.29 is 9.59 Å². The molecule has 5 rings (SSSR count). The summed E-state index contributed by atoms with van der Waals surface area (Å²) in [5.41, 5.74) is 4.45. The van der Waals surface area contributed by atoms with Gasteiger partial charge in [0.15, 0.2) is 5.11 Å². The van der Waals surface area contributed by atoms with E-state index in [2.05, 4.69) is 22.3 Å². The maximum Gasteiger partial charge on any atom is 0.265 e. The summed E-state index contributed by atoms with van der Waals surface area (Å²) < 4.78 is 0. The molecule has 1 saturated carbocycles. The van der Waals surface area contributed by atoms with Crippen LogP contribution in [0.2, 0.25) is 5.02 Å². The third kappa shape index (κ3) is 3.50. The van der Waals surface area contributed by atoms with Crippen LogP contribution in [0, 0.1) is 0 Å². The second-order valence-corrected chi connectivity index (χ2v) is 8.67. The van der Waals surface area contributed by atoms with Crippen molar-refractivity contribution in [3.05, 3.63) is 69.8 Å². The predicted molar refractivity (Wildman–Crippen MR) is 121 cm³/mol. The van der Waals surface area contributed by atoms with Crippen LogP contribution in [0.3, 0.4) is 0 Å². The lowest BCUT2D eigenvalue weighted by atomic mass is 10.0. The number of nitrogens with one attached hydrogen (secondary N) is 1. The Labute approximate surface area is 185 Å². The van der Waals surface area contributed by atoms with Crippen LogP contribution in [0.25, 0.3) is 6.08 Å². The number of thiocarbonyl (C=S) groups is 1. The summed E-state index contributed by atoms with van der Waals surface area (Å²) in [5, 5.41) is 3.64.